The third kappa shape index (κ3) is 34.7. The molecule has 0 saturated carbocycles. The molecule has 0 spiro atoms. The number of aliphatic hydroxyl groups excluding tert-OH is 4. The quantitative estimate of drug-likeness (QED) is 0.0348. The van der Waals surface area contributed by atoms with Gasteiger partial charge in [-0.3, -0.25) is 43.5 Å². The molecule has 0 atom stereocenters. The average Bonchev–Trinajstić information content (AvgIpc) is 0.867. The van der Waals surface area contributed by atoms with Gasteiger partial charge < -0.3 is 20.4 Å². The maximum Gasteiger partial charge on any atom is 0.215 e. The van der Waals surface area contributed by atoms with Crippen molar-refractivity contribution >= 4 is 77.1 Å². The summed E-state index contributed by atoms with van der Waals surface area (Å²) in [5.41, 5.74) is 9.63. The smallest absolute Gasteiger partial charge is 0.215 e. The van der Waals surface area contributed by atoms with E-state index in [0.717, 1.165) is 95.0 Å². The number of carbonyl (C=O) groups is 4. The van der Waals surface area contributed by atoms with Crippen LogP contribution in [0.1, 0.15) is 61.0 Å². The summed E-state index contributed by atoms with van der Waals surface area (Å²) in [5.74, 6) is -3.65. The molecule has 13 nitrogen and oxygen atoms in total. The minimum Gasteiger partial charge on any atom is -0.512 e. The fourth-order valence-corrected chi connectivity index (χ4v) is 11.0. The van der Waals surface area contributed by atoms with E-state index in [2.05, 4.69) is 80.4 Å². The first-order valence-corrected chi connectivity index (χ1v) is 35.3. The minimum absolute atomic E-state index is 0. The summed E-state index contributed by atoms with van der Waals surface area (Å²) in [6.45, 7) is 13.5. The molecule has 627 valence electrons. The number of aryl methyl sites for hydroxylation is 1. The van der Waals surface area contributed by atoms with Crippen LogP contribution in [0.5, 0.6) is 0 Å². The molecule has 0 unspecified atom stereocenters. The van der Waals surface area contributed by atoms with Crippen LogP contribution in [0.4, 0.5) is 26.3 Å². The molecule has 10 aromatic carbocycles. The van der Waals surface area contributed by atoms with Crippen molar-refractivity contribution in [2.75, 3.05) is 0 Å². The van der Waals surface area contributed by atoms with Gasteiger partial charge in [-0.2, -0.15) is 4.39 Å². The molecular weight excluding hydrogens is 2430 g/mol. The third-order valence-corrected chi connectivity index (χ3v) is 15.5. The van der Waals surface area contributed by atoms with Crippen LogP contribution in [0.15, 0.2) is 309 Å². The van der Waals surface area contributed by atoms with Crippen LogP contribution in [0.25, 0.3) is 110 Å². The first-order chi connectivity index (χ1) is 55.0. The standard InChI is InChI=1S/C16H12N.2C15H8F2N.2C15H9FN.4C5H8O2.5Ir/c1-12-9-10-13-6-2-3-7-14(13)16(12)15-8-4-5-11-17-15;16-11-8-14(17)15(18-9-11)13-7-3-5-10-4-1-2-6-12(10)13;16-11-8-14(18-15(17)9-11)13-7-3-5-10-4-1-2-6-12(10)13;16-13-8-6-11(7-9-13)14-5-1-3-12-4-2-10-17-15(12)14;16-12-8-9-15(17-10-12)14-7-3-5-11-4-1-2-6-13(11)14;4*1-4(6)3-5(2)7;;;;;/h2-6,8-11H,1H3;2*1-5,7-9H;1-6,8-10H;1-5,7-10H;4*3,6H,1-2H3;;;;;/q5*-1;;;;;;;;;. The Morgan fingerprint density at radius 1 is 0.342 bits per heavy atom. The second kappa shape index (κ2) is 54.2. The molecular formula is C96H78F6Ir5N5O8-5. The zero-order valence-electron chi connectivity index (χ0n) is 65.7. The van der Waals surface area contributed by atoms with Crippen molar-refractivity contribution in [3.05, 3.63) is 380 Å². The maximum atomic E-state index is 13.7. The number of carbonyl (C=O) groups excluding carboxylic acids is 4. The first-order valence-electron chi connectivity index (χ1n) is 35.3. The van der Waals surface area contributed by atoms with Gasteiger partial charge in [0.25, 0.3) is 0 Å². The van der Waals surface area contributed by atoms with Gasteiger partial charge in [-0.05, 0) is 104 Å². The van der Waals surface area contributed by atoms with E-state index in [9.17, 15) is 45.5 Å². The zero-order valence-corrected chi connectivity index (χ0v) is 77.7. The Morgan fingerprint density at radius 2 is 0.767 bits per heavy atom. The van der Waals surface area contributed by atoms with E-state index in [1.54, 1.807) is 42.6 Å². The van der Waals surface area contributed by atoms with Crippen LogP contribution in [-0.2, 0) is 120 Å². The van der Waals surface area contributed by atoms with Crippen LogP contribution in [0, 0.1) is 72.3 Å². The average molecular weight is 2500 g/mol. The molecule has 24 heteroatoms. The van der Waals surface area contributed by atoms with Gasteiger partial charge in [-0.1, -0.05) is 130 Å². The normalized spacial score (nSPS) is 10.4. The number of hydrogen-bond donors (Lipinski definition) is 4. The van der Waals surface area contributed by atoms with Gasteiger partial charge in [0, 0.05) is 178 Å². The fraction of sp³-hybridized carbons (Fsp3) is 0.0938. The number of rotatable bonds is 9. The summed E-state index contributed by atoms with van der Waals surface area (Å²) in [7, 11) is 0. The summed E-state index contributed by atoms with van der Waals surface area (Å²) >= 11 is 0. The Balaban J connectivity index is 0.000000467. The molecule has 4 N–H and O–H groups in total. The van der Waals surface area contributed by atoms with Gasteiger partial charge in [0.15, 0.2) is 23.1 Å². The maximum absolute atomic E-state index is 13.7. The Hall–Kier alpha value is -11.1. The monoisotopic (exact) mass is 2510 g/mol. The number of aromatic nitrogens is 5. The van der Waals surface area contributed by atoms with Crippen LogP contribution in [0.3, 0.4) is 0 Å². The molecule has 0 saturated heterocycles. The summed E-state index contributed by atoms with van der Waals surface area (Å²) in [6, 6.07) is 86.1. The third-order valence-electron chi connectivity index (χ3n) is 15.5. The van der Waals surface area contributed by atoms with Gasteiger partial charge in [0.1, 0.15) is 23.3 Å². The van der Waals surface area contributed by atoms with Crippen LogP contribution in [-0.4, -0.2) is 68.5 Å². The molecule has 0 amide bonds. The van der Waals surface area contributed by atoms with E-state index in [0.29, 0.717) is 11.1 Å². The van der Waals surface area contributed by atoms with Gasteiger partial charge >= 0.3 is 0 Å². The molecule has 0 fully saturated rings. The van der Waals surface area contributed by atoms with E-state index >= 15 is 0 Å². The molecule has 5 radical (unpaired) electrons. The summed E-state index contributed by atoms with van der Waals surface area (Å²) in [4.78, 5) is 60.5. The van der Waals surface area contributed by atoms with Crippen LogP contribution >= 0.6 is 0 Å². The summed E-state index contributed by atoms with van der Waals surface area (Å²) in [6.07, 6.45) is 10.5. The number of benzene rings is 10. The van der Waals surface area contributed by atoms with Gasteiger partial charge in [-0.25, -0.2) is 22.5 Å². The van der Waals surface area contributed by atoms with Gasteiger partial charge in [0.2, 0.25) is 5.95 Å². The first kappa shape index (κ1) is 105. The van der Waals surface area contributed by atoms with E-state index in [-0.39, 0.29) is 170 Å². The van der Waals surface area contributed by atoms with Crippen molar-refractivity contribution in [2.45, 2.75) is 62.3 Å². The summed E-state index contributed by atoms with van der Waals surface area (Å²) < 4.78 is 78.7. The number of ketones is 4. The van der Waals surface area contributed by atoms with Crippen LogP contribution < -0.4 is 0 Å². The molecule has 15 aromatic rings. The van der Waals surface area contributed by atoms with Crippen molar-refractivity contribution in [3.8, 4) is 56.2 Å². The number of para-hydroxylation sites is 1. The fourth-order valence-electron chi connectivity index (χ4n) is 11.0. The van der Waals surface area contributed by atoms with E-state index in [1.165, 1.54) is 127 Å². The van der Waals surface area contributed by atoms with Crippen molar-refractivity contribution in [2.24, 2.45) is 0 Å². The molecule has 0 aliphatic carbocycles. The van der Waals surface area contributed by atoms with Crippen molar-refractivity contribution in [3.63, 3.8) is 0 Å². The Bertz CT molecular complexity index is 5700. The Morgan fingerprint density at radius 3 is 1.20 bits per heavy atom. The Labute approximate surface area is 760 Å². The number of aliphatic hydroxyl groups is 4. The van der Waals surface area contributed by atoms with E-state index in [4.69, 9.17) is 20.4 Å². The number of pyridine rings is 5. The van der Waals surface area contributed by atoms with E-state index < -0.39 is 23.4 Å². The second-order valence-electron chi connectivity index (χ2n) is 25.2. The topological polar surface area (TPSA) is 214 Å². The predicted molar refractivity (Wildman–Crippen MR) is 443 cm³/mol. The van der Waals surface area contributed by atoms with Gasteiger partial charge in [0.05, 0.1) is 41.1 Å². The van der Waals surface area contributed by atoms with Crippen LogP contribution in [0.2, 0.25) is 0 Å². The molecule has 5 aromatic heterocycles. The largest absolute Gasteiger partial charge is 0.512 e. The zero-order chi connectivity index (χ0) is 83.5. The van der Waals surface area contributed by atoms with E-state index in [1.807, 2.05) is 152 Å². The molecule has 120 heavy (non-hydrogen) atoms. The molecule has 0 aliphatic rings. The summed E-state index contributed by atoms with van der Waals surface area (Å²) in [5, 5.41) is 42.5. The SMILES string of the molecule is CC(=O)C=C(C)O.CC(=O)C=C(C)O.CC(=O)C=C(C)O.CC(=O)C=C(C)O.Cc1ccc2ccc[c-]c2c1-c1ccccn1.Fc1c[c-]c(-c2cccc3cccnc23)cc1.Fc1cc(F)nc(-c2cccc3ccc[c-]c23)c1.Fc1ccc(-c2cccc3ccc[c-]c23)nc1.Fc1cnc(-c2cccc3ccc[c-]c23)c(F)c1.[Ir].[Ir].[Ir].[Ir].[Ir]. The number of halogens is 6. The number of allylic oxidation sites excluding steroid dienone is 8. The molecule has 0 aliphatic heterocycles. The second-order valence-corrected chi connectivity index (χ2v) is 25.2. The number of fused-ring (bicyclic) bond motifs is 5. The van der Waals surface area contributed by atoms with Crippen molar-refractivity contribution in [1.29, 1.82) is 0 Å². The van der Waals surface area contributed by atoms with Gasteiger partial charge in [-0.15, -0.1) is 170 Å². The molecule has 0 bridgehead atoms. The predicted octanol–water partition coefficient (Wildman–Crippen LogP) is 23.8. The molecule has 15 rings (SSSR count). The minimum atomic E-state index is -0.821. The molecule has 5 heterocycles. The number of nitrogens with zero attached hydrogens (tertiary/aromatic N) is 5. The van der Waals surface area contributed by atoms with Crippen molar-refractivity contribution < 1.29 is 166 Å². The van der Waals surface area contributed by atoms with Crippen molar-refractivity contribution in [1.82, 2.24) is 24.9 Å². The Kier molecular flexibility index (Phi) is 47.4. The number of hydrogen-bond acceptors (Lipinski definition) is 13.